The first-order chi connectivity index (χ1) is 15.4. The van der Waals surface area contributed by atoms with Gasteiger partial charge in [0.1, 0.15) is 18.3 Å². The lowest BCUT2D eigenvalue weighted by atomic mass is 9.92. The van der Waals surface area contributed by atoms with Crippen molar-refractivity contribution in [3.05, 3.63) is 35.9 Å². The second-order valence-electron chi connectivity index (χ2n) is 10.6. The summed E-state index contributed by atoms with van der Waals surface area (Å²) in [7, 11) is -1.30. The maximum Gasteiger partial charge on any atom is 0.432 e. The Labute approximate surface area is 201 Å². The van der Waals surface area contributed by atoms with E-state index in [0.717, 1.165) is 7.11 Å². The zero-order valence-corrected chi connectivity index (χ0v) is 22.4. The van der Waals surface area contributed by atoms with Crippen LogP contribution in [0.1, 0.15) is 47.1 Å². The molecule has 0 unspecified atom stereocenters. The second-order valence-corrected chi connectivity index (χ2v) is 15.4. The molecule has 10 heteroatoms. The van der Waals surface area contributed by atoms with E-state index in [4.69, 9.17) is 23.4 Å². The summed E-state index contributed by atoms with van der Waals surface area (Å²) in [5, 5.41) is -0.0456. The fourth-order valence-corrected chi connectivity index (χ4v) is 4.62. The Hall–Kier alpha value is -1.46. The predicted octanol–water partition coefficient (Wildman–Crippen LogP) is 5.56. The van der Waals surface area contributed by atoms with Gasteiger partial charge >= 0.3 is 12.1 Å². The van der Waals surface area contributed by atoms with Gasteiger partial charge in [-0.15, -0.1) is 0 Å². The normalized spacial score (nSPS) is 23.9. The van der Waals surface area contributed by atoms with Crippen molar-refractivity contribution in [2.45, 2.75) is 95.6 Å². The van der Waals surface area contributed by atoms with Crippen molar-refractivity contribution in [2.24, 2.45) is 0 Å². The number of methoxy groups -OCH3 is 1. The molecule has 1 heterocycles. The Bertz CT molecular complexity index is 837. The van der Waals surface area contributed by atoms with Crippen molar-refractivity contribution in [2.75, 3.05) is 13.7 Å². The Balaban J connectivity index is 2.28. The summed E-state index contributed by atoms with van der Waals surface area (Å²) in [6, 6.07) is 6.70. The van der Waals surface area contributed by atoms with Crippen LogP contribution in [0.3, 0.4) is 0 Å². The highest BCUT2D eigenvalue weighted by Gasteiger charge is 2.64. The standard InChI is InChI=1S/C24H37F3O6Si/c1-16(19-18(32-22(5,6)33-19)15-30-34(8,9)21(2,3)4)31-20(28)23(29-7,24(25,26)27)17-13-11-10-12-14-17/h10-14,16,18-19H,15H2,1-9H3/t16-,18+,19+,23-/m1/s1. The molecular weight excluding hydrogens is 469 g/mol. The molecule has 6 nitrogen and oxygen atoms in total. The maximum absolute atomic E-state index is 14.2. The summed E-state index contributed by atoms with van der Waals surface area (Å²) in [5.74, 6) is -2.59. The van der Waals surface area contributed by atoms with Gasteiger partial charge < -0.3 is 23.4 Å². The van der Waals surface area contributed by atoms with E-state index >= 15 is 0 Å². The van der Waals surface area contributed by atoms with E-state index in [-0.39, 0.29) is 17.2 Å². The summed E-state index contributed by atoms with van der Waals surface area (Å²) < 4.78 is 70.9. The highest BCUT2D eigenvalue weighted by Crippen LogP contribution is 2.44. The molecule has 34 heavy (non-hydrogen) atoms. The molecule has 2 rings (SSSR count). The Morgan fingerprint density at radius 1 is 1.12 bits per heavy atom. The molecule has 1 aromatic carbocycles. The Morgan fingerprint density at radius 2 is 1.68 bits per heavy atom. The van der Waals surface area contributed by atoms with Crippen molar-refractivity contribution in [3.8, 4) is 0 Å². The van der Waals surface area contributed by atoms with Gasteiger partial charge in [-0.25, -0.2) is 4.79 Å². The molecule has 0 spiro atoms. The molecule has 0 saturated carbocycles. The van der Waals surface area contributed by atoms with Crippen molar-refractivity contribution in [1.29, 1.82) is 0 Å². The first-order valence-electron chi connectivity index (χ1n) is 11.3. The molecule has 0 aromatic heterocycles. The quantitative estimate of drug-likeness (QED) is 0.340. The number of ether oxygens (including phenoxy) is 4. The molecule has 0 bridgehead atoms. The largest absolute Gasteiger partial charge is 0.457 e. The third-order valence-electron chi connectivity index (χ3n) is 6.56. The molecule has 1 aliphatic rings. The number of benzene rings is 1. The number of esters is 1. The summed E-state index contributed by atoms with van der Waals surface area (Å²) in [5.41, 5.74) is -3.64. The summed E-state index contributed by atoms with van der Waals surface area (Å²) in [4.78, 5) is 13.0. The SMILES string of the molecule is CO[C@@](C(=O)O[C@H](C)[C@@H]1OC(C)(C)O[C@H]1CO[Si](C)(C)C(C)(C)C)(c1ccccc1)C(F)(F)F. The van der Waals surface area contributed by atoms with E-state index in [9.17, 15) is 18.0 Å². The fourth-order valence-electron chi connectivity index (χ4n) is 3.60. The first kappa shape index (κ1) is 28.8. The number of hydrogen-bond acceptors (Lipinski definition) is 6. The lowest BCUT2D eigenvalue weighted by molar-refractivity contribution is -0.279. The van der Waals surface area contributed by atoms with Crippen LogP contribution in [-0.2, 0) is 33.8 Å². The number of alkyl halides is 3. The smallest absolute Gasteiger partial charge is 0.432 e. The molecule has 0 N–H and O–H groups in total. The lowest BCUT2D eigenvalue weighted by Crippen LogP contribution is -2.53. The van der Waals surface area contributed by atoms with Crippen LogP contribution < -0.4 is 0 Å². The zero-order chi connectivity index (χ0) is 26.2. The van der Waals surface area contributed by atoms with Gasteiger partial charge in [0.2, 0.25) is 0 Å². The van der Waals surface area contributed by atoms with Gasteiger partial charge in [-0.05, 0) is 38.9 Å². The zero-order valence-electron chi connectivity index (χ0n) is 21.4. The highest BCUT2D eigenvalue weighted by molar-refractivity contribution is 6.74. The molecule has 1 saturated heterocycles. The van der Waals surface area contributed by atoms with Crippen LogP contribution >= 0.6 is 0 Å². The lowest BCUT2D eigenvalue weighted by Gasteiger charge is -2.37. The van der Waals surface area contributed by atoms with E-state index < -0.39 is 50.2 Å². The average Bonchev–Trinajstić information content (AvgIpc) is 3.01. The number of halogens is 3. The van der Waals surface area contributed by atoms with Crippen LogP contribution in [0.15, 0.2) is 30.3 Å². The van der Waals surface area contributed by atoms with Crippen molar-refractivity contribution in [3.63, 3.8) is 0 Å². The van der Waals surface area contributed by atoms with Crippen LogP contribution in [-0.4, -0.2) is 58.3 Å². The summed E-state index contributed by atoms with van der Waals surface area (Å²) >= 11 is 0. The van der Waals surface area contributed by atoms with E-state index in [1.807, 2.05) is 0 Å². The minimum atomic E-state index is -5.06. The van der Waals surface area contributed by atoms with Crippen LogP contribution in [0.2, 0.25) is 18.1 Å². The van der Waals surface area contributed by atoms with Crippen LogP contribution in [0.5, 0.6) is 0 Å². The van der Waals surface area contributed by atoms with Crippen molar-refractivity contribution < 1.29 is 41.3 Å². The maximum atomic E-state index is 14.2. The van der Waals surface area contributed by atoms with Crippen molar-refractivity contribution in [1.82, 2.24) is 0 Å². The third kappa shape index (κ3) is 5.84. The van der Waals surface area contributed by atoms with Gasteiger partial charge in [0.05, 0.1) is 6.61 Å². The van der Waals surface area contributed by atoms with Gasteiger partial charge in [-0.3, -0.25) is 0 Å². The number of carbonyl (C=O) groups excluding carboxylic acids is 1. The van der Waals surface area contributed by atoms with Gasteiger partial charge in [0, 0.05) is 12.7 Å². The van der Waals surface area contributed by atoms with Gasteiger partial charge in [-0.2, -0.15) is 13.2 Å². The average molecular weight is 507 g/mol. The van der Waals surface area contributed by atoms with E-state index in [2.05, 4.69) is 33.9 Å². The fraction of sp³-hybridized carbons (Fsp3) is 0.708. The Kier molecular flexibility index (Phi) is 8.37. The summed E-state index contributed by atoms with van der Waals surface area (Å²) in [6.07, 6.45) is -7.59. The number of hydrogen-bond donors (Lipinski definition) is 0. The van der Waals surface area contributed by atoms with Gasteiger partial charge in [-0.1, -0.05) is 51.1 Å². The molecule has 0 aliphatic carbocycles. The van der Waals surface area contributed by atoms with E-state index in [0.29, 0.717) is 0 Å². The van der Waals surface area contributed by atoms with Gasteiger partial charge in [0.25, 0.3) is 5.60 Å². The van der Waals surface area contributed by atoms with Crippen LogP contribution in [0.25, 0.3) is 0 Å². The van der Waals surface area contributed by atoms with Gasteiger partial charge in [0.15, 0.2) is 14.1 Å². The second kappa shape index (κ2) is 9.89. The minimum absolute atomic E-state index is 0.0456. The topological polar surface area (TPSA) is 63.2 Å². The monoisotopic (exact) mass is 506 g/mol. The molecule has 4 atom stereocenters. The molecular formula is C24H37F3O6Si. The first-order valence-corrected chi connectivity index (χ1v) is 14.2. The number of rotatable bonds is 8. The molecule has 0 radical (unpaired) electrons. The molecule has 1 aromatic rings. The van der Waals surface area contributed by atoms with Crippen LogP contribution in [0.4, 0.5) is 13.2 Å². The third-order valence-corrected chi connectivity index (χ3v) is 11.1. The minimum Gasteiger partial charge on any atom is -0.457 e. The highest BCUT2D eigenvalue weighted by atomic mass is 28.4. The molecule has 0 amide bonds. The van der Waals surface area contributed by atoms with Crippen LogP contribution in [0, 0.1) is 0 Å². The molecule has 1 aliphatic heterocycles. The number of carbonyl (C=O) groups is 1. The van der Waals surface area contributed by atoms with E-state index in [1.54, 1.807) is 19.9 Å². The predicted molar refractivity (Wildman–Crippen MR) is 124 cm³/mol. The molecule has 194 valence electrons. The van der Waals surface area contributed by atoms with Crippen molar-refractivity contribution >= 4 is 14.3 Å². The summed E-state index contributed by atoms with van der Waals surface area (Å²) in [6.45, 7) is 15.5. The van der Waals surface area contributed by atoms with E-state index in [1.165, 1.54) is 31.2 Å². The molecule has 1 fully saturated rings. The Morgan fingerprint density at radius 3 is 2.15 bits per heavy atom.